The normalized spacial score (nSPS) is 16.3. The Balaban J connectivity index is 0.00000256. The van der Waals surface area contributed by atoms with Gasteiger partial charge >= 0.3 is 0 Å². The average molecular weight is 432 g/mol. The lowest BCUT2D eigenvalue weighted by atomic mass is 9.99. The zero-order valence-corrected chi connectivity index (χ0v) is 17.9. The highest BCUT2D eigenvalue weighted by molar-refractivity contribution is 5.96. The van der Waals surface area contributed by atoms with Gasteiger partial charge in [-0.05, 0) is 73.8 Å². The van der Waals surface area contributed by atoms with Crippen LogP contribution in [0.2, 0.25) is 0 Å². The van der Waals surface area contributed by atoms with Gasteiger partial charge in [-0.25, -0.2) is 4.39 Å². The molecule has 2 aliphatic rings. The van der Waals surface area contributed by atoms with Crippen molar-refractivity contribution < 1.29 is 14.0 Å². The van der Waals surface area contributed by atoms with Gasteiger partial charge in [-0.15, -0.1) is 12.4 Å². The van der Waals surface area contributed by atoms with Gasteiger partial charge in [-0.3, -0.25) is 9.59 Å². The quantitative estimate of drug-likeness (QED) is 0.795. The Hall–Kier alpha value is -2.44. The molecule has 0 aromatic heterocycles. The second-order valence-corrected chi connectivity index (χ2v) is 7.78. The van der Waals surface area contributed by atoms with E-state index in [0.717, 1.165) is 25.9 Å². The molecule has 7 heteroatoms. The lowest BCUT2D eigenvalue weighted by molar-refractivity contribution is 0.0535. The van der Waals surface area contributed by atoms with Crippen LogP contribution in [-0.4, -0.2) is 60.9 Å². The summed E-state index contributed by atoms with van der Waals surface area (Å²) < 4.78 is 13.8. The molecular weight excluding hydrogens is 405 g/mol. The first-order valence-corrected chi connectivity index (χ1v) is 10.2. The van der Waals surface area contributed by atoms with E-state index in [1.807, 2.05) is 12.1 Å². The van der Waals surface area contributed by atoms with Crippen molar-refractivity contribution in [3.8, 4) is 0 Å². The third kappa shape index (κ3) is 4.65. The van der Waals surface area contributed by atoms with E-state index in [2.05, 4.69) is 11.4 Å². The molecule has 0 aliphatic carbocycles. The molecule has 0 bridgehead atoms. The van der Waals surface area contributed by atoms with Gasteiger partial charge in [0.25, 0.3) is 11.8 Å². The molecule has 1 fully saturated rings. The first kappa shape index (κ1) is 22.2. The van der Waals surface area contributed by atoms with Crippen molar-refractivity contribution >= 4 is 24.2 Å². The van der Waals surface area contributed by atoms with Gasteiger partial charge in [-0.1, -0.05) is 12.1 Å². The van der Waals surface area contributed by atoms with Crippen LogP contribution in [0.5, 0.6) is 0 Å². The maximum absolute atomic E-state index is 13.8. The van der Waals surface area contributed by atoms with Crippen LogP contribution in [0.15, 0.2) is 36.4 Å². The molecule has 0 unspecified atom stereocenters. The monoisotopic (exact) mass is 431 g/mol. The second-order valence-electron chi connectivity index (χ2n) is 7.78. The van der Waals surface area contributed by atoms with Crippen LogP contribution >= 0.6 is 12.4 Å². The number of piperazine rings is 1. The van der Waals surface area contributed by atoms with E-state index in [0.29, 0.717) is 42.9 Å². The molecule has 1 saturated heterocycles. The summed E-state index contributed by atoms with van der Waals surface area (Å²) in [7, 11) is 0. The Bertz CT molecular complexity index is 942. The van der Waals surface area contributed by atoms with Crippen molar-refractivity contribution in [2.75, 3.05) is 39.3 Å². The number of amides is 2. The SMILES string of the molecule is Cc1ccc(C(=O)N2CCN(C(=O)c3ccc4c(c3)CCNCC4)CC2)cc1F.Cl. The summed E-state index contributed by atoms with van der Waals surface area (Å²) in [6, 6.07) is 10.6. The zero-order chi connectivity index (χ0) is 20.4. The maximum Gasteiger partial charge on any atom is 0.254 e. The Morgan fingerprint density at radius 3 is 1.97 bits per heavy atom. The van der Waals surface area contributed by atoms with Gasteiger partial charge in [0.15, 0.2) is 0 Å². The van der Waals surface area contributed by atoms with Gasteiger partial charge in [0.2, 0.25) is 0 Å². The lowest BCUT2D eigenvalue weighted by Gasteiger charge is -2.35. The molecule has 30 heavy (non-hydrogen) atoms. The Labute approximate surface area is 182 Å². The number of hydrogen-bond acceptors (Lipinski definition) is 3. The van der Waals surface area contributed by atoms with E-state index in [-0.39, 0.29) is 30.0 Å². The predicted octanol–water partition coefficient (Wildman–Crippen LogP) is 2.84. The summed E-state index contributed by atoms with van der Waals surface area (Å²) in [5.74, 6) is -0.546. The van der Waals surface area contributed by atoms with Gasteiger partial charge in [0.05, 0.1) is 0 Å². The van der Waals surface area contributed by atoms with Crippen molar-refractivity contribution in [2.24, 2.45) is 0 Å². The molecular formula is C23H27ClFN3O2. The highest BCUT2D eigenvalue weighted by atomic mass is 35.5. The fraction of sp³-hybridized carbons (Fsp3) is 0.391. The standard InChI is InChI=1S/C23H26FN3O2.ClH/c1-16-2-3-20(15-21(16)24)23(29)27-12-10-26(11-13-27)22(28)19-5-4-17-6-8-25-9-7-18(17)14-19;/h2-5,14-15,25H,6-13H2,1H3;1H. The van der Waals surface area contributed by atoms with E-state index in [1.54, 1.807) is 28.9 Å². The Morgan fingerprint density at radius 1 is 0.833 bits per heavy atom. The minimum absolute atomic E-state index is 0. The van der Waals surface area contributed by atoms with E-state index >= 15 is 0 Å². The molecule has 4 rings (SSSR count). The van der Waals surface area contributed by atoms with Crippen LogP contribution in [0.1, 0.15) is 37.4 Å². The number of carbonyl (C=O) groups excluding carboxylic acids is 2. The van der Waals surface area contributed by atoms with Crippen molar-refractivity contribution in [3.05, 3.63) is 70.0 Å². The number of carbonyl (C=O) groups is 2. The molecule has 0 saturated carbocycles. The minimum Gasteiger partial charge on any atom is -0.335 e. The summed E-state index contributed by atoms with van der Waals surface area (Å²) in [4.78, 5) is 29.1. The highest BCUT2D eigenvalue weighted by Crippen LogP contribution is 2.18. The van der Waals surface area contributed by atoms with E-state index in [1.165, 1.54) is 17.2 Å². The molecule has 160 valence electrons. The van der Waals surface area contributed by atoms with Crippen LogP contribution in [0.25, 0.3) is 0 Å². The number of fused-ring (bicyclic) bond motifs is 1. The molecule has 0 radical (unpaired) electrons. The summed E-state index contributed by atoms with van der Waals surface area (Å²) in [6.07, 6.45) is 1.93. The number of halogens is 2. The molecule has 2 aliphatic heterocycles. The minimum atomic E-state index is -0.372. The highest BCUT2D eigenvalue weighted by Gasteiger charge is 2.26. The number of benzene rings is 2. The van der Waals surface area contributed by atoms with Gasteiger partial charge in [0.1, 0.15) is 5.82 Å². The fourth-order valence-corrected chi connectivity index (χ4v) is 4.01. The Kier molecular flexibility index (Phi) is 7.10. The summed E-state index contributed by atoms with van der Waals surface area (Å²) in [6.45, 7) is 5.46. The molecule has 1 N–H and O–H groups in total. The summed E-state index contributed by atoms with van der Waals surface area (Å²) in [5, 5.41) is 3.39. The third-order valence-electron chi connectivity index (χ3n) is 5.87. The molecule has 2 amide bonds. The number of aryl methyl sites for hydroxylation is 1. The fourth-order valence-electron chi connectivity index (χ4n) is 4.01. The van der Waals surface area contributed by atoms with E-state index in [4.69, 9.17) is 0 Å². The number of rotatable bonds is 2. The van der Waals surface area contributed by atoms with Gasteiger partial charge in [0, 0.05) is 37.3 Å². The summed E-state index contributed by atoms with van der Waals surface area (Å²) >= 11 is 0. The first-order valence-electron chi connectivity index (χ1n) is 10.2. The number of nitrogens with one attached hydrogen (secondary N) is 1. The molecule has 2 aromatic carbocycles. The Morgan fingerprint density at radius 2 is 1.37 bits per heavy atom. The van der Waals surface area contributed by atoms with Crippen LogP contribution < -0.4 is 5.32 Å². The van der Waals surface area contributed by atoms with Crippen LogP contribution in [0, 0.1) is 12.7 Å². The largest absolute Gasteiger partial charge is 0.335 e. The molecule has 0 atom stereocenters. The molecule has 2 aromatic rings. The molecule has 5 nitrogen and oxygen atoms in total. The van der Waals surface area contributed by atoms with Crippen LogP contribution in [0.4, 0.5) is 4.39 Å². The first-order chi connectivity index (χ1) is 14.0. The van der Waals surface area contributed by atoms with E-state index < -0.39 is 0 Å². The maximum atomic E-state index is 13.8. The number of nitrogens with zero attached hydrogens (tertiary/aromatic N) is 2. The van der Waals surface area contributed by atoms with Gasteiger partial charge < -0.3 is 15.1 Å². The molecule has 0 spiro atoms. The van der Waals surface area contributed by atoms with Crippen LogP contribution in [-0.2, 0) is 12.8 Å². The van der Waals surface area contributed by atoms with Crippen molar-refractivity contribution in [2.45, 2.75) is 19.8 Å². The smallest absolute Gasteiger partial charge is 0.254 e. The third-order valence-corrected chi connectivity index (χ3v) is 5.87. The lowest BCUT2D eigenvalue weighted by Crippen LogP contribution is -2.50. The van der Waals surface area contributed by atoms with Crippen molar-refractivity contribution in [3.63, 3.8) is 0 Å². The van der Waals surface area contributed by atoms with E-state index in [9.17, 15) is 14.0 Å². The van der Waals surface area contributed by atoms with Crippen LogP contribution in [0.3, 0.4) is 0 Å². The predicted molar refractivity (Wildman–Crippen MR) is 117 cm³/mol. The zero-order valence-electron chi connectivity index (χ0n) is 17.1. The topological polar surface area (TPSA) is 52.7 Å². The second kappa shape index (κ2) is 9.58. The van der Waals surface area contributed by atoms with Crippen molar-refractivity contribution in [1.29, 1.82) is 0 Å². The summed E-state index contributed by atoms with van der Waals surface area (Å²) in [5.41, 5.74) is 4.15. The average Bonchev–Trinajstić information content (AvgIpc) is 2.99. The van der Waals surface area contributed by atoms with Crippen molar-refractivity contribution in [1.82, 2.24) is 15.1 Å². The number of hydrogen-bond donors (Lipinski definition) is 1. The molecule has 2 heterocycles. The van der Waals surface area contributed by atoms with Gasteiger partial charge in [-0.2, -0.15) is 0 Å².